The minimum absolute atomic E-state index is 0.760. The molecule has 2 N–H and O–H groups in total. The van der Waals surface area contributed by atoms with Crippen LogP contribution < -0.4 is 5.73 Å². The molecule has 0 atom stereocenters. The van der Waals surface area contributed by atoms with Gasteiger partial charge < -0.3 is 5.73 Å². The number of benzene rings is 1. The highest BCUT2D eigenvalue weighted by Crippen LogP contribution is 2.18. The Kier molecular flexibility index (Phi) is 3.51. The van der Waals surface area contributed by atoms with Crippen LogP contribution in [-0.4, -0.2) is 15.5 Å². The van der Waals surface area contributed by atoms with Crippen LogP contribution in [0.1, 0.15) is 13.3 Å². The number of hydrogen-bond acceptors (Lipinski definition) is 3. The van der Waals surface area contributed by atoms with Crippen molar-refractivity contribution in [2.45, 2.75) is 18.4 Å². The number of aromatic nitrogens is 2. The summed E-state index contributed by atoms with van der Waals surface area (Å²) < 4.78 is 1.86. The third-order valence-corrected chi connectivity index (χ3v) is 3.28. The van der Waals surface area contributed by atoms with Crippen LogP contribution in [0.2, 0.25) is 0 Å². The first kappa shape index (κ1) is 11.1. The van der Waals surface area contributed by atoms with Crippen molar-refractivity contribution in [3.63, 3.8) is 0 Å². The zero-order valence-electron chi connectivity index (χ0n) is 9.26. The van der Waals surface area contributed by atoms with E-state index in [1.54, 1.807) is 11.8 Å². The molecule has 0 radical (unpaired) electrons. The first-order chi connectivity index (χ1) is 7.79. The largest absolute Gasteiger partial charge is 0.399 e. The fourth-order valence-electron chi connectivity index (χ4n) is 1.40. The minimum Gasteiger partial charge on any atom is -0.399 e. The molecule has 0 aliphatic carbocycles. The maximum absolute atomic E-state index is 5.74. The Labute approximate surface area is 99.7 Å². The van der Waals surface area contributed by atoms with E-state index < -0.39 is 0 Å². The van der Waals surface area contributed by atoms with E-state index in [-0.39, 0.29) is 0 Å². The molecule has 84 valence electrons. The molecule has 2 aromatic rings. The predicted molar refractivity (Wildman–Crippen MR) is 69.0 cm³/mol. The lowest BCUT2D eigenvalue weighted by molar-refractivity contribution is 0.837. The van der Waals surface area contributed by atoms with Crippen LogP contribution in [0.4, 0.5) is 5.69 Å². The molecule has 0 unspecified atom stereocenters. The fourth-order valence-corrected chi connectivity index (χ4v) is 2.12. The average molecular weight is 233 g/mol. The van der Waals surface area contributed by atoms with E-state index in [0.717, 1.165) is 28.6 Å². The lowest BCUT2D eigenvalue weighted by Crippen LogP contribution is -1.96. The highest BCUT2D eigenvalue weighted by atomic mass is 32.2. The summed E-state index contributed by atoms with van der Waals surface area (Å²) in [5.41, 5.74) is 7.50. The third-order valence-electron chi connectivity index (χ3n) is 2.15. The zero-order chi connectivity index (χ0) is 11.4. The van der Waals surface area contributed by atoms with E-state index in [2.05, 4.69) is 12.0 Å². The summed E-state index contributed by atoms with van der Waals surface area (Å²) in [6.07, 6.45) is 3.13. The average Bonchev–Trinajstić information content (AvgIpc) is 2.75. The van der Waals surface area contributed by atoms with Crippen LogP contribution in [0.5, 0.6) is 0 Å². The number of rotatable bonds is 4. The number of nitrogen functional groups attached to an aromatic ring is 1. The number of hydrogen-bond donors (Lipinski definition) is 1. The topological polar surface area (TPSA) is 43.8 Å². The van der Waals surface area contributed by atoms with Crippen molar-refractivity contribution < 1.29 is 0 Å². The van der Waals surface area contributed by atoms with Crippen molar-refractivity contribution in [2.75, 3.05) is 11.5 Å². The molecule has 3 nitrogen and oxygen atoms in total. The minimum atomic E-state index is 0.760. The fraction of sp³-hybridized carbons (Fsp3) is 0.250. The Morgan fingerprint density at radius 2 is 2.25 bits per heavy atom. The van der Waals surface area contributed by atoms with Gasteiger partial charge in [0.05, 0.1) is 5.69 Å². The molecule has 0 saturated carbocycles. The van der Waals surface area contributed by atoms with Gasteiger partial charge in [-0.3, -0.25) is 0 Å². The molecule has 0 saturated heterocycles. The maximum atomic E-state index is 5.74. The second-order valence-electron chi connectivity index (χ2n) is 3.54. The molecule has 0 spiro atoms. The predicted octanol–water partition coefficient (Wildman–Crippen LogP) is 2.96. The molecule has 0 aliphatic heterocycles. The SMILES string of the molecule is CCCSc1ccn(-c2cccc(N)c2)n1. The Hall–Kier alpha value is -1.42. The summed E-state index contributed by atoms with van der Waals surface area (Å²) in [6, 6.07) is 9.76. The summed E-state index contributed by atoms with van der Waals surface area (Å²) in [5, 5.41) is 5.54. The molecule has 2 rings (SSSR count). The van der Waals surface area contributed by atoms with Gasteiger partial charge in [-0.15, -0.1) is 11.8 Å². The van der Waals surface area contributed by atoms with Gasteiger partial charge in [0.15, 0.2) is 0 Å². The first-order valence-corrected chi connectivity index (χ1v) is 6.32. The first-order valence-electron chi connectivity index (χ1n) is 5.34. The monoisotopic (exact) mass is 233 g/mol. The van der Waals surface area contributed by atoms with E-state index in [9.17, 15) is 0 Å². The van der Waals surface area contributed by atoms with Gasteiger partial charge in [-0.25, -0.2) is 4.68 Å². The molecule has 0 aliphatic rings. The van der Waals surface area contributed by atoms with Crippen molar-refractivity contribution in [1.82, 2.24) is 9.78 Å². The van der Waals surface area contributed by atoms with E-state index in [1.165, 1.54) is 0 Å². The smallest absolute Gasteiger partial charge is 0.119 e. The number of anilines is 1. The van der Waals surface area contributed by atoms with Crippen molar-refractivity contribution >= 4 is 17.4 Å². The summed E-state index contributed by atoms with van der Waals surface area (Å²) in [6.45, 7) is 2.17. The summed E-state index contributed by atoms with van der Waals surface area (Å²) in [5.74, 6) is 1.11. The third kappa shape index (κ3) is 2.58. The Morgan fingerprint density at radius 3 is 3.00 bits per heavy atom. The van der Waals surface area contributed by atoms with Gasteiger partial charge in [0.2, 0.25) is 0 Å². The van der Waals surface area contributed by atoms with E-state index in [0.29, 0.717) is 0 Å². The summed E-state index contributed by atoms with van der Waals surface area (Å²) in [4.78, 5) is 0. The number of thioether (sulfide) groups is 1. The Morgan fingerprint density at radius 1 is 1.38 bits per heavy atom. The van der Waals surface area contributed by atoms with Crippen LogP contribution in [0.25, 0.3) is 5.69 Å². The van der Waals surface area contributed by atoms with Gasteiger partial charge in [0.1, 0.15) is 5.03 Å². The van der Waals surface area contributed by atoms with Crippen molar-refractivity contribution in [3.05, 3.63) is 36.5 Å². The quantitative estimate of drug-likeness (QED) is 0.652. The summed E-state index contributed by atoms with van der Waals surface area (Å²) in [7, 11) is 0. The Bertz CT molecular complexity index is 465. The molecule has 1 heterocycles. The molecule has 4 heteroatoms. The van der Waals surface area contributed by atoms with Gasteiger partial charge in [0.25, 0.3) is 0 Å². The summed E-state index contributed by atoms with van der Waals surface area (Å²) >= 11 is 1.78. The van der Waals surface area contributed by atoms with Gasteiger partial charge in [0, 0.05) is 11.9 Å². The molecule has 1 aromatic carbocycles. The van der Waals surface area contributed by atoms with Gasteiger partial charge in [-0.1, -0.05) is 13.0 Å². The van der Waals surface area contributed by atoms with Crippen LogP contribution in [-0.2, 0) is 0 Å². The highest BCUT2D eigenvalue weighted by Gasteiger charge is 2.01. The molecule has 0 fully saturated rings. The maximum Gasteiger partial charge on any atom is 0.119 e. The van der Waals surface area contributed by atoms with E-state index in [1.807, 2.05) is 41.2 Å². The van der Waals surface area contributed by atoms with Gasteiger partial charge in [-0.05, 0) is 36.4 Å². The zero-order valence-corrected chi connectivity index (χ0v) is 10.1. The van der Waals surface area contributed by atoms with Crippen LogP contribution in [0.3, 0.4) is 0 Å². The second-order valence-corrected chi connectivity index (χ2v) is 4.66. The van der Waals surface area contributed by atoms with Crippen molar-refractivity contribution in [2.24, 2.45) is 0 Å². The van der Waals surface area contributed by atoms with Gasteiger partial charge in [-0.2, -0.15) is 5.10 Å². The van der Waals surface area contributed by atoms with E-state index >= 15 is 0 Å². The Balaban J connectivity index is 2.18. The number of nitrogens with two attached hydrogens (primary N) is 1. The standard InChI is InChI=1S/C12H15N3S/c1-2-8-16-12-6-7-15(14-12)11-5-3-4-10(13)9-11/h3-7,9H,2,8,13H2,1H3. The van der Waals surface area contributed by atoms with Crippen LogP contribution in [0, 0.1) is 0 Å². The molecule has 1 aromatic heterocycles. The van der Waals surface area contributed by atoms with Crippen molar-refractivity contribution in [1.29, 1.82) is 0 Å². The van der Waals surface area contributed by atoms with Crippen LogP contribution in [0.15, 0.2) is 41.6 Å². The lowest BCUT2D eigenvalue weighted by atomic mass is 10.3. The molecule has 0 amide bonds. The molecular formula is C12H15N3S. The highest BCUT2D eigenvalue weighted by molar-refractivity contribution is 7.99. The van der Waals surface area contributed by atoms with Crippen molar-refractivity contribution in [3.8, 4) is 5.69 Å². The van der Waals surface area contributed by atoms with Gasteiger partial charge >= 0.3 is 0 Å². The second kappa shape index (κ2) is 5.07. The lowest BCUT2D eigenvalue weighted by Gasteiger charge is -2.01. The molecular weight excluding hydrogens is 218 g/mol. The van der Waals surface area contributed by atoms with Crippen LogP contribution >= 0.6 is 11.8 Å². The molecule has 0 bridgehead atoms. The molecule has 16 heavy (non-hydrogen) atoms. The normalized spacial score (nSPS) is 10.6. The number of nitrogens with zero attached hydrogens (tertiary/aromatic N) is 2. The van der Waals surface area contributed by atoms with E-state index in [4.69, 9.17) is 5.73 Å².